The molecule has 2 aliphatic rings. The first-order chi connectivity index (χ1) is 8.08. The summed E-state index contributed by atoms with van der Waals surface area (Å²) in [7, 11) is 0. The van der Waals surface area contributed by atoms with Gasteiger partial charge in [0.05, 0.1) is 5.60 Å². The van der Waals surface area contributed by atoms with Crippen LogP contribution in [0.2, 0.25) is 0 Å². The van der Waals surface area contributed by atoms with Crippen molar-refractivity contribution in [3.05, 3.63) is 11.6 Å². The first-order valence-corrected chi connectivity index (χ1v) is 7.03. The fraction of sp³-hybridized carbons (Fsp3) is 0.867. The number of ether oxygens (including phenoxy) is 2. The van der Waals surface area contributed by atoms with E-state index >= 15 is 0 Å². The lowest BCUT2D eigenvalue weighted by atomic mass is 9.79. The Balaban J connectivity index is 1.88. The zero-order valence-corrected chi connectivity index (χ0v) is 11.5. The summed E-state index contributed by atoms with van der Waals surface area (Å²) in [6.07, 6.45) is 9.53. The quantitative estimate of drug-likeness (QED) is 0.690. The summed E-state index contributed by atoms with van der Waals surface area (Å²) < 4.78 is 11.9. The van der Waals surface area contributed by atoms with Crippen LogP contribution in [-0.2, 0) is 9.47 Å². The molecule has 1 aliphatic heterocycles. The maximum Gasteiger partial charge on any atom is 0.158 e. The third-order valence-corrected chi connectivity index (χ3v) is 4.19. The van der Waals surface area contributed by atoms with E-state index in [0.717, 1.165) is 19.4 Å². The van der Waals surface area contributed by atoms with Gasteiger partial charge in [-0.1, -0.05) is 11.6 Å². The highest BCUT2D eigenvalue weighted by atomic mass is 16.7. The molecule has 2 rings (SSSR count). The van der Waals surface area contributed by atoms with E-state index in [1.54, 1.807) is 0 Å². The lowest BCUT2D eigenvalue weighted by molar-refractivity contribution is -0.229. The fourth-order valence-corrected chi connectivity index (χ4v) is 2.84. The highest BCUT2D eigenvalue weighted by Crippen LogP contribution is 2.35. The van der Waals surface area contributed by atoms with Crippen LogP contribution < -0.4 is 0 Å². The van der Waals surface area contributed by atoms with Gasteiger partial charge in [0.15, 0.2) is 6.29 Å². The molecule has 0 aromatic rings. The zero-order valence-electron chi connectivity index (χ0n) is 11.5. The van der Waals surface area contributed by atoms with Gasteiger partial charge in [-0.2, -0.15) is 0 Å². The molecular weight excluding hydrogens is 212 g/mol. The predicted molar refractivity (Wildman–Crippen MR) is 69.9 cm³/mol. The van der Waals surface area contributed by atoms with Crippen LogP contribution in [0.1, 0.15) is 59.3 Å². The average molecular weight is 238 g/mol. The monoisotopic (exact) mass is 238 g/mol. The molecule has 98 valence electrons. The molecule has 1 heterocycles. The van der Waals surface area contributed by atoms with Crippen molar-refractivity contribution in [1.82, 2.24) is 0 Å². The van der Waals surface area contributed by atoms with Gasteiger partial charge in [-0.15, -0.1) is 0 Å². The minimum absolute atomic E-state index is 0.0331. The summed E-state index contributed by atoms with van der Waals surface area (Å²) >= 11 is 0. The van der Waals surface area contributed by atoms with Crippen molar-refractivity contribution in [2.75, 3.05) is 6.61 Å². The lowest BCUT2D eigenvalue weighted by Crippen LogP contribution is -2.40. The Morgan fingerprint density at radius 1 is 1.29 bits per heavy atom. The number of hydrogen-bond donors (Lipinski definition) is 0. The number of rotatable bonds is 3. The molecule has 2 atom stereocenters. The Bertz CT molecular complexity index is 275. The molecule has 0 radical (unpaired) electrons. The van der Waals surface area contributed by atoms with Crippen LogP contribution >= 0.6 is 0 Å². The van der Waals surface area contributed by atoms with Gasteiger partial charge >= 0.3 is 0 Å². The van der Waals surface area contributed by atoms with Gasteiger partial charge in [-0.05, 0) is 65.2 Å². The summed E-state index contributed by atoms with van der Waals surface area (Å²) in [5, 5.41) is 0. The molecule has 17 heavy (non-hydrogen) atoms. The Morgan fingerprint density at radius 2 is 2.12 bits per heavy atom. The summed E-state index contributed by atoms with van der Waals surface area (Å²) in [5.74, 6) is 0.636. The minimum Gasteiger partial charge on any atom is -0.353 e. The molecule has 1 saturated heterocycles. The van der Waals surface area contributed by atoms with Crippen LogP contribution in [0.3, 0.4) is 0 Å². The van der Waals surface area contributed by atoms with Crippen molar-refractivity contribution < 1.29 is 9.47 Å². The van der Waals surface area contributed by atoms with Crippen molar-refractivity contribution in [2.24, 2.45) is 5.92 Å². The molecule has 2 unspecified atom stereocenters. The van der Waals surface area contributed by atoms with Gasteiger partial charge in [0, 0.05) is 6.61 Å². The number of allylic oxidation sites excluding steroid dienone is 2. The first kappa shape index (κ1) is 13.1. The van der Waals surface area contributed by atoms with E-state index in [1.165, 1.54) is 31.3 Å². The molecule has 1 fully saturated rings. The van der Waals surface area contributed by atoms with Crippen LogP contribution in [0.15, 0.2) is 11.6 Å². The van der Waals surface area contributed by atoms with E-state index in [4.69, 9.17) is 9.47 Å². The highest BCUT2D eigenvalue weighted by molar-refractivity contribution is 5.05. The van der Waals surface area contributed by atoms with Gasteiger partial charge in [0.25, 0.3) is 0 Å². The van der Waals surface area contributed by atoms with Crippen LogP contribution in [0, 0.1) is 5.92 Å². The van der Waals surface area contributed by atoms with Crippen LogP contribution in [0.5, 0.6) is 0 Å². The third-order valence-electron chi connectivity index (χ3n) is 4.19. The molecular formula is C15H26O2. The van der Waals surface area contributed by atoms with Crippen molar-refractivity contribution in [3.63, 3.8) is 0 Å². The van der Waals surface area contributed by atoms with Crippen molar-refractivity contribution >= 4 is 0 Å². The maximum atomic E-state index is 6.20. The molecule has 0 aromatic heterocycles. The van der Waals surface area contributed by atoms with E-state index in [0.29, 0.717) is 5.92 Å². The van der Waals surface area contributed by atoms with E-state index in [9.17, 15) is 0 Å². The first-order valence-electron chi connectivity index (χ1n) is 7.03. The topological polar surface area (TPSA) is 18.5 Å². The van der Waals surface area contributed by atoms with Crippen LogP contribution in [0.25, 0.3) is 0 Å². The van der Waals surface area contributed by atoms with Crippen molar-refractivity contribution in [2.45, 2.75) is 71.2 Å². The third kappa shape index (κ3) is 3.56. The zero-order chi connectivity index (χ0) is 12.3. The van der Waals surface area contributed by atoms with Gasteiger partial charge in [0.2, 0.25) is 0 Å². The molecule has 0 amide bonds. The number of hydrogen-bond acceptors (Lipinski definition) is 2. The normalized spacial score (nSPS) is 31.1. The fourth-order valence-electron chi connectivity index (χ4n) is 2.84. The Hall–Kier alpha value is -0.340. The SMILES string of the molecule is CC1=CCC(C(C)(C)OC2CCCCO2)CC1. The molecule has 0 N–H and O–H groups in total. The molecule has 0 bridgehead atoms. The molecule has 2 heteroatoms. The van der Waals surface area contributed by atoms with Gasteiger partial charge in [0.1, 0.15) is 0 Å². The summed E-state index contributed by atoms with van der Waals surface area (Å²) in [6.45, 7) is 7.55. The van der Waals surface area contributed by atoms with Crippen LogP contribution in [0.4, 0.5) is 0 Å². The van der Waals surface area contributed by atoms with Gasteiger partial charge in [-0.25, -0.2) is 0 Å². The average Bonchev–Trinajstić information content (AvgIpc) is 2.30. The second kappa shape index (κ2) is 5.53. The van der Waals surface area contributed by atoms with E-state index in [1.807, 2.05) is 0 Å². The predicted octanol–water partition coefficient (Wildman–Crippen LogP) is 4.05. The van der Waals surface area contributed by atoms with Crippen molar-refractivity contribution in [3.8, 4) is 0 Å². The van der Waals surface area contributed by atoms with E-state index in [2.05, 4.69) is 26.8 Å². The smallest absolute Gasteiger partial charge is 0.158 e. The molecule has 0 aromatic carbocycles. The largest absolute Gasteiger partial charge is 0.353 e. The summed E-state index contributed by atoms with van der Waals surface area (Å²) in [4.78, 5) is 0. The standard InChI is InChI=1S/C15H26O2/c1-12-7-9-13(10-8-12)15(2,3)17-14-6-4-5-11-16-14/h7,13-14H,4-6,8-11H2,1-3H3. The Kier molecular flexibility index (Phi) is 4.26. The second-order valence-corrected chi connectivity index (χ2v) is 6.04. The molecule has 1 aliphatic carbocycles. The van der Waals surface area contributed by atoms with Crippen molar-refractivity contribution in [1.29, 1.82) is 0 Å². The Labute approximate surface area is 105 Å². The second-order valence-electron chi connectivity index (χ2n) is 6.04. The summed E-state index contributed by atoms with van der Waals surface area (Å²) in [6, 6.07) is 0. The molecule has 0 saturated carbocycles. The van der Waals surface area contributed by atoms with E-state index in [-0.39, 0.29) is 11.9 Å². The molecule has 0 spiro atoms. The highest BCUT2D eigenvalue weighted by Gasteiger charge is 2.34. The van der Waals surface area contributed by atoms with Crippen LogP contribution in [-0.4, -0.2) is 18.5 Å². The van der Waals surface area contributed by atoms with E-state index < -0.39 is 0 Å². The minimum atomic E-state index is -0.0563. The molecule has 2 nitrogen and oxygen atoms in total. The maximum absolute atomic E-state index is 6.20. The summed E-state index contributed by atoms with van der Waals surface area (Å²) in [5.41, 5.74) is 1.48. The Morgan fingerprint density at radius 3 is 2.71 bits per heavy atom. The van der Waals surface area contributed by atoms with Gasteiger partial charge < -0.3 is 9.47 Å². The lowest BCUT2D eigenvalue weighted by Gasteiger charge is -2.39. The van der Waals surface area contributed by atoms with Gasteiger partial charge in [-0.3, -0.25) is 0 Å².